The summed E-state index contributed by atoms with van der Waals surface area (Å²) in [4.78, 5) is 12.4. The summed E-state index contributed by atoms with van der Waals surface area (Å²) in [5.74, 6) is 0.244. The SMILES string of the molecule is CCCCCCC1=C(C(=O)NS(=O)Cc2ccccc2)CCC1. The smallest absolute Gasteiger partial charge is 0.258 e. The van der Waals surface area contributed by atoms with Crippen LogP contribution in [0.1, 0.15) is 63.9 Å². The van der Waals surface area contributed by atoms with E-state index < -0.39 is 11.0 Å². The molecule has 1 aliphatic rings. The number of benzene rings is 1. The highest BCUT2D eigenvalue weighted by molar-refractivity contribution is 7.82. The lowest BCUT2D eigenvalue weighted by Gasteiger charge is -2.09. The van der Waals surface area contributed by atoms with Gasteiger partial charge >= 0.3 is 0 Å². The van der Waals surface area contributed by atoms with Crippen molar-refractivity contribution in [2.45, 2.75) is 64.0 Å². The van der Waals surface area contributed by atoms with Crippen LogP contribution in [-0.2, 0) is 21.5 Å². The van der Waals surface area contributed by atoms with Gasteiger partial charge in [-0.25, -0.2) is 4.21 Å². The molecule has 1 unspecified atom stereocenters. The summed E-state index contributed by atoms with van der Waals surface area (Å²) in [6.07, 6.45) is 8.81. The van der Waals surface area contributed by atoms with E-state index >= 15 is 0 Å². The Morgan fingerprint density at radius 2 is 1.91 bits per heavy atom. The molecular weight excluding hydrogens is 306 g/mol. The van der Waals surface area contributed by atoms with Crippen LogP contribution in [0.15, 0.2) is 41.5 Å². The number of allylic oxidation sites excluding steroid dienone is 1. The van der Waals surface area contributed by atoms with Gasteiger partial charge in [0.2, 0.25) is 0 Å². The molecule has 4 heteroatoms. The van der Waals surface area contributed by atoms with Gasteiger partial charge in [0.1, 0.15) is 11.0 Å². The first-order valence-corrected chi connectivity index (χ1v) is 9.96. The fourth-order valence-electron chi connectivity index (χ4n) is 3.05. The molecule has 1 atom stereocenters. The van der Waals surface area contributed by atoms with E-state index in [0.29, 0.717) is 5.75 Å². The van der Waals surface area contributed by atoms with Gasteiger partial charge in [-0.1, -0.05) is 62.1 Å². The lowest BCUT2D eigenvalue weighted by Crippen LogP contribution is -2.28. The number of nitrogens with one attached hydrogen (secondary N) is 1. The molecule has 3 nitrogen and oxygen atoms in total. The van der Waals surface area contributed by atoms with Crippen molar-refractivity contribution < 1.29 is 9.00 Å². The Bertz CT molecular complexity index is 566. The molecule has 1 aromatic carbocycles. The van der Waals surface area contributed by atoms with Crippen molar-refractivity contribution in [2.24, 2.45) is 0 Å². The zero-order valence-electron chi connectivity index (χ0n) is 14.0. The number of hydrogen-bond acceptors (Lipinski definition) is 2. The quantitative estimate of drug-likeness (QED) is 0.680. The fraction of sp³-hybridized carbons (Fsp3) is 0.526. The zero-order valence-corrected chi connectivity index (χ0v) is 14.8. The molecule has 126 valence electrons. The first kappa shape index (κ1) is 17.9. The number of amides is 1. The van der Waals surface area contributed by atoms with Gasteiger partial charge in [0.25, 0.3) is 5.91 Å². The normalized spacial score (nSPS) is 15.7. The molecule has 0 saturated heterocycles. The minimum absolute atomic E-state index is 0.123. The van der Waals surface area contributed by atoms with Crippen LogP contribution in [0, 0.1) is 0 Å². The third-order valence-electron chi connectivity index (χ3n) is 4.29. The molecule has 1 aliphatic carbocycles. The van der Waals surface area contributed by atoms with E-state index in [1.54, 1.807) is 0 Å². The molecule has 1 amide bonds. The second-order valence-corrected chi connectivity index (χ2v) is 7.34. The van der Waals surface area contributed by atoms with Crippen LogP contribution in [-0.4, -0.2) is 10.1 Å². The minimum Gasteiger partial charge on any atom is -0.271 e. The maximum atomic E-state index is 12.4. The van der Waals surface area contributed by atoms with Crippen LogP contribution in [0.2, 0.25) is 0 Å². The molecule has 0 aliphatic heterocycles. The van der Waals surface area contributed by atoms with E-state index in [1.807, 2.05) is 30.3 Å². The predicted octanol–water partition coefficient (Wildman–Crippen LogP) is 4.42. The van der Waals surface area contributed by atoms with Gasteiger partial charge in [0.15, 0.2) is 0 Å². The van der Waals surface area contributed by atoms with Crippen molar-refractivity contribution in [1.29, 1.82) is 0 Å². The largest absolute Gasteiger partial charge is 0.271 e. The molecule has 0 bridgehead atoms. The van der Waals surface area contributed by atoms with Crippen molar-refractivity contribution >= 4 is 16.9 Å². The highest BCUT2D eigenvalue weighted by Gasteiger charge is 2.21. The van der Waals surface area contributed by atoms with Crippen molar-refractivity contribution in [1.82, 2.24) is 4.72 Å². The summed E-state index contributed by atoms with van der Waals surface area (Å²) in [5.41, 5.74) is 3.16. The molecule has 0 spiro atoms. The van der Waals surface area contributed by atoms with Gasteiger partial charge in [0.05, 0.1) is 5.75 Å². The van der Waals surface area contributed by atoms with Gasteiger partial charge in [-0.05, 0) is 37.7 Å². The predicted molar refractivity (Wildman–Crippen MR) is 96.1 cm³/mol. The Morgan fingerprint density at radius 3 is 2.65 bits per heavy atom. The topological polar surface area (TPSA) is 46.2 Å². The summed E-state index contributed by atoms with van der Waals surface area (Å²) in [7, 11) is -1.35. The first-order valence-electron chi connectivity index (χ1n) is 8.65. The van der Waals surface area contributed by atoms with E-state index in [-0.39, 0.29) is 5.91 Å². The molecule has 0 aromatic heterocycles. The van der Waals surface area contributed by atoms with Gasteiger partial charge in [-0.2, -0.15) is 0 Å². The number of rotatable bonds is 9. The number of carbonyl (C=O) groups excluding carboxylic acids is 1. The van der Waals surface area contributed by atoms with Crippen molar-refractivity contribution in [3.63, 3.8) is 0 Å². The first-order chi connectivity index (χ1) is 11.2. The van der Waals surface area contributed by atoms with Crippen LogP contribution < -0.4 is 4.72 Å². The molecule has 23 heavy (non-hydrogen) atoms. The van der Waals surface area contributed by atoms with Crippen molar-refractivity contribution in [3.05, 3.63) is 47.0 Å². The summed E-state index contributed by atoms with van der Waals surface area (Å²) in [6.45, 7) is 2.20. The van der Waals surface area contributed by atoms with Crippen molar-refractivity contribution in [2.75, 3.05) is 0 Å². The van der Waals surface area contributed by atoms with E-state index in [4.69, 9.17) is 0 Å². The maximum Gasteiger partial charge on any atom is 0.258 e. The summed E-state index contributed by atoms with van der Waals surface area (Å²) >= 11 is 0. The third-order valence-corrected chi connectivity index (χ3v) is 5.29. The maximum absolute atomic E-state index is 12.4. The van der Waals surface area contributed by atoms with Crippen LogP contribution in [0.25, 0.3) is 0 Å². The Kier molecular flexibility index (Phi) is 7.53. The average Bonchev–Trinajstić information content (AvgIpc) is 3.01. The summed E-state index contributed by atoms with van der Waals surface area (Å²) < 4.78 is 14.8. The van der Waals surface area contributed by atoms with Crippen LogP contribution in [0.4, 0.5) is 0 Å². The van der Waals surface area contributed by atoms with Gasteiger partial charge < -0.3 is 0 Å². The van der Waals surface area contributed by atoms with E-state index in [9.17, 15) is 9.00 Å². The summed E-state index contributed by atoms with van der Waals surface area (Å²) in [6, 6.07) is 9.62. The Hall–Kier alpha value is -1.42. The molecule has 1 N–H and O–H groups in total. The van der Waals surface area contributed by atoms with Crippen LogP contribution in [0.5, 0.6) is 0 Å². The molecule has 0 saturated carbocycles. The molecule has 0 fully saturated rings. The van der Waals surface area contributed by atoms with Crippen molar-refractivity contribution in [3.8, 4) is 0 Å². The lowest BCUT2D eigenvalue weighted by molar-refractivity contribution is -0.115. The molecule has 1 aromatic rings. The Morgan fingerprint density at radius 1 is 1.13 bits per heavy atom. The highest BCUT2D eigenvalue weighted by atomic mass is 32.2. The highest BCUT2D eigenvalue weighted by Crippen LogP contribution is 2.30. The number of hydrogen-bond donors (Lipinski definition) is 1. The Balaban J connectivity index is 1.86. The standard InChI is InChI=1S/C19H27NO2S/c1-2-3-4-8-12-17-13-9-14-18(17)19(21)20-23(22)15-16-10-6-5-7-11-16/h5-7,10-11H,2-4,8-9,12-15H2,1H3,(H,20,21). The summed E-state index contributed by atoms with van der Waals surface area (Å²) in [5, 5.41) is 0. The average molecular weight is 333 g/mol. The number of unbranched alkanes of at least 4 members (excludes halogenated alkanes) is 3. The molecule has 2 rings (SSSR count). The van der Waals surface area contributed by atoms with Gasteiger partial charge in [-0.3, -0.25) is 9.52 Å². The third kappa shape index (κ3) is 5.94. The minimum atomic E-state index is -1.35. The van der Waals surface area contributed by atoms with E-state index in [1.165, 1.54) is 24.8 Å². The van der Waals surface area contributed by atoms with Gasteiger partial charge in [0, 0.05) is 5.57 Å². The fourth-order valence-corrected chi connectivity index (χ4v) is 3.95. The zero-order chi connectivity index (χ0) is 16.5. The monoisotopic (exact) mass is 333 g/mol. The molecular formula is C19H27NO2S. The Labute approximate surface area is 142 Å². The number of carbonyl (C=O) groups is 1. The lowest BCUT2D eigenvalue weighted by atomic mass is 10.0. The second kappa shape index (κ2) is 9.66. The molecule has 0 heterocycles. The molecule has 0 radical (unpaired) electrons. The van der Waals surface area contributed by atoms with E-state index in [2.05, 4.69) is 11.6 Å². The van der Waals surface area contributed by atoms with Gasteiger partial charge in [-0.15, -0.1) is 0 Å². The second-order valence-electron chi connectivity index (χ2n) is 6.15. The van der Waals surface area contributed by atoms with Crippen LogP contribution >= 0.6 is 0 Å². The van der Waals surface area contributed by atoms with Crippen LogP contribution in [0.3, 0.4) is 0 Å². The van der Waals surface area contributed by atoms with E-state index in [0.717, 1.165) is 43.2 Å².